The van der Waals surface area contributed by atoms with Crippen molar-refractivity contribution < 1.29 is 32.9 Å². The first kappa shape index (κ1) is 19.7. The molecule has 1 unspecified atom stereocenters. The second-order valence-corrected chi connectivity index (χ2v) is 6.17. The fourth-order valence-corrected chi connectivity index (χ4v) is 3.21. The highest BCUT2D eigenvalue weighted by molar-refractivity contribution is 5.73. The summed E-state index contributed by atoms with van der Waals surface area (Å²) >= 11 is 0. The number of benzene rings is 1. The Balaban J connectivity index is 0.000000277. The molecule has 2 heterocycles. The van der Waals surface area contributed by atoms with Crippen LogP contribution in [0.5, 0.6) is 0 Å². The molecule has 1 aromatic carbocycles. The van der Waals surface area contributed by atoms with Crippen molar-refractivity contribution in [2.45, 2.75) is 43.6 Å². The number of halogens is 3. The molecular formula is C17H22F3NO4. The number of rotatable bonds is 3. The van der Waals surface area contributed by atoms with Gasteiger partial charge in [-0.1, -0.05) is 30.3 Å². The average molecular weight is 361 g/mol. The maximum Gasteiger partial charge on any atom is 0.490 e. The number of ether oxygens (including phenoxy) is 1. The van der Waals surface area contributed by atoms with E-state index in [-0.39, 0.29) is 12.1 Å². The predicted molar refractivity (Wildman–Crippen MR) is 84.2 cm³/mol. The summed E-state index contributed by atoms with van der Waals surface area (Å²) in [5.74, 6) is -2.76. The molecule has 5 nitrogen and oxygen atoms in total. The number of alkyl halides is 3. The molecule has 25 heavy (non-hydrogen) atoms. The van der Waals surface area contributed by atoms with Crippen LogP contribution < -0.4 is 0 Å². The molecule has 1 aromatic rings. The van der Waals surface area contributed by atoms with Crippen LogP contribution in [0.2, 0.25) is 0 Å². The number of hydrogen-bond donors (Lipinski definition) is 2. The molecule has 3 rings (SSSR count). The molecule has 0 bridgehead atoms. The van der Waals surface area contributed by atoms with Gasteiger partial charge in [-0.3, -0.25) is 4.90 Å². The molecular weight excluding hydrogens is 339 g/mol. The lowest BCUT2D eigenvalue weighted by molar-refractivity contribution is -0.192. The first-order chi connectivity index (χ1) is 11.8. The quantitative estimate of drug-likeness (QED) is 0.863. The summed E-state index contributed by atoms with van der Waals surface area (Å²) < 4.78 is 37.2. The molecule has 2 N–H and O–H groups in total. The number of carboxylic acid groups (broad SMARTS) is 1. The van der Waals surface area contributed by atoms with Crippen LogP contribution in [-0.2, 0) is 16.0 Å². The van der Waals surface area contributed by atoms with E-state index in [1.165, 1.54) is 5.56 Å². The number of aliphatic hydroxyl groups is 1. The predicted octanol–water partition coefficient (Wildman–Crippen LogP) is 2.09. The maximum absolute atomic E-state index is 10.6. The van der Waals surface area contributed by atoms with Gasteiger partial charge in [-0.15, -0.1) is 0 Å². The Morgan fingerprint density at radius 3 is 2.40 bits per heavy atom. The largest absolute Gasteiger partial charge is 0.490 e. The molecule has 2 aliphatic heterocycles. The normalized spacial score (nSPS) is 27.0. The van der Waals surface area contributed by atoms with Gasteiger partial charge in [-0.2, -0.15) is 13.2 Å². The highest BCUT2D eigenvalue weighted by Crippen LogP contribution is 2.27. The molecule has 0 aromatic heterocycles. The molecule has 0 aliphatic carbocycles. The van der Waals surface area contributed by atoms with E-state index in [2.05, 4.69) is 29.2 Å². The van der Waals surface area contributed by atoms with Crippen LogP contribution >= 0.6 is 0 Å². The van der Waals surface area contributed by atoms with Crippen molar-refractivity contribution in [2.75, 3.05) is 19.8 Å². The van der Waals surface area contributed by atoms with Gasteiger partial charge in [0.25, 0.3) is 0 Å². The Morgan fingerprint density at radius 1 is 1.24 bits per heavy atom. The van der Waals surface area contributed by atoms with Crippen LogP contribution in [0.15, 0.2) is 30.3 Å². The van der Waals surface area contributed by atoms with E-state index in [9.17, 15) is 18.3 Å². The standard InChI is InChI=1S/C15H21NO2.C2HF3O2/c17-15-6-8-16(13-7-9-18-11-13)14(15)10-12-4-2-1-3-5-12;3-2(4,5)1(6)7/h1-5,13-15,17H,6-11H2;(H,6,7)/t13?,14-,15+;/m0./s1. The van der Waals surface area contributed by atoms with Crippen molar-refractivity contribution in [1.82, 2.24) is 4.90 Å². The molecule has 8 heteroatoms. The number of carbonyl (C=O) groups is 1. The van der Waals surface area contributed by atoms with Gasteiger partial charge in [0, 0.05) is 25.2 Å². The van der Waals surface area contributed by atoms with Gasteiger partial charge < -0.3 is 14.9 Å². The number of aliphatic hydroxyl groups excluding tert-OH is 1. The van der Waals surface area contributed by atoms with E-state index in [0.29, 0.717) is 6.04 Å². The Labute approximate surface area is 144 Å². The lowest BCUT2D eigenvalue weighted by atomic mass is 10.0. The fourth-order valence-electron chi connectivity index (χ4n) is 3.21. The highest BCUT2D eigenvalue weighted by Gasteiger charge is 2.39. The molecule has 2 fully saturated rings. The SMILES string of the molecule is O=C(O)C(F)(F)F.O[C@@H]1CCN(C2CCOC2)[C@H]1Cc1ccccc1. The van der Waals surface area contributed by atoms with Crippen molar-refractivity contribution >= 4 is 5.97 Å². The van der Waals surface area contributed by atoms with Crippen LogP contribution in [0.4, 0.5) is 13.2 Å². The first-order valence-electron chi connectivity index (χ1n) is 8.14. The third-order valence-corrected chi connectivity index (χ3v) is 4.46. The minimum Gasteiger partial charge on any atom is -0.475 e. The number of hydrogen-bond acceptors (Lipinski definition) is 4. The van der Waals surface area contributed by atoms with E-state index in [1.807, 2.05) is 6.07 Å². The summed E-state index contributed by atoms with van der Waals surface area (Å²) in [5.41, 5.74) is 1.31. The van der Waals surface area contributed by atoms with Gasteiger partial charge in [0.05, 0.1) is 12.7 Å². The first-order valence-corrected chi connectivity index (χ1v) is 8.14. The van der Waals surface area contributed by atoms with E-state index in [0.717, 1.165) is 39.0 Å². The smallest absolute Gasteiger partial charge is 0.475 e. The molecule has 0 amide bonds. The Hall–Kier alpha value is -1.64. The Bertz CT molecular complexity index is 547. The number of aliphatic carboxylic acids is 1. The highest BCUT2D eigenvalue weighted by atomic mass is 19.4. The van der Waals surface area contributed by atoms with Crippen molar-refractivity contribution in [2.24, 2.45) is 0 Å². The zero-order valence-corrected chi connectivity index (χ0v) is 13.7. The summed E-state index contributed by atoms with van der Waals surface area (Å²) in [6, 6.07) is 11.2. The summed E-state index contributed by atoms with van der Waals surface area (Å²) in [5, 5.41) is 17.3. The molecule has 0 saturated carbocycles. The fraction of sp³-hybridized carbons (Fsp3) is 0.588. The van der Waals surface area contributed by atoms with Crippen LogP contribution in [-0.4, -0.2) is 65.2 Å². The van der Waals surface area contributed by atoms with Crippen LogP contribution in [0.3, 0.4) is 0 Å². The third kappa shape index (κ3) is 5.69. The summed E-state index contributed by atoms with van der Waals surface area (Å²) in [6.07, 6.45) is -2.32. The van der Waals surface area contributed by atoms with E-state index in [4.69, 9.17) is 14.6 Å². The van der Waals surface area contributed by atoms with Gasteiger partial charge >= 0.3 is 12.1 Å². The minimum absolute atomic E-state index is 0.189. The number of likely N-dealkylation sites (tertiary alicyclic amines) is 1. The number of nitrogens with zero attached hydrogens (tertiary/aromatic N) is 1. The lowest BCUT2D eigenvalue weighted by Gasteiger charge is -2.30. The van der Waals surface area contributed by atoms with Crippen LogP contribution in [0, 0.1) is 0 Å². The summed E-state index contributed by atoms with van der Waals surface area (Å²) in [4.78, 5) is 11.4. The van der Waals surface area contributed by atoms with E-state index < -0.39 is 12.1 Å². The average Bonchev–Trinajstić information content (AvgIpc) is 3.19. The van der Waals surface area contributed by atoms with Gasteiger partial charge in [-0.25, -0.2) is 4.79 Å². The topological polar surface area (TPSA) is 70.0 Å². The molecule has 3 atom stereocenters. The minimum atomic E-state index is -5.08. The van der Waals surface area contributed by atoms with Gasteiger partial charge in [0.15, 0.2) is 0 Å². The number of carboxylic acids is 1. The molecule has 0 spiro atoms. The zero-order chi connectivity index (χ0) is 18.4. The monoisotopic (exact) mass is 361 g/mol. The molecule has 2 aliphatic rings. The summed E-state index contributed by atoms with van der Waals surface area (Å²) in [7, 11) is 0. The zero-order valence-electron chi connectivity index (χ0n) is 13.7. The van der Waals surface area contributed by atoms with Crippen molar-refractivity contribution in [3.63, 3.8) is 0 Å². The molecule has 2 saturated heterocycles. The maximum atomic E-state index is 10.6. The van der Waals surface area contributed by atoms with Crippen molar-refractivity contribution in [3.8, 4) is 0 Å². The van der Waals surface area contributed by atoms with Gasteiger partial charge in [-0.05, 0) is 24.8 Å². The lowest BCUT2D eigenvalue weighted by Crippen LogP contribution is -2.44. The van der Waals surface area contributed by atoms with Crippen molar-refractivity contribution in [1.29, 1.82) is 0 Å². The third-order valence-electron chi connectivity index (χ3n) is 4.46. The molecule has 0 radical (unpaired) electrons. The second kappa shape index (κ2) is 8.64. The van der Waals surface area contributed by atoms with E-state index in [1.54, 1.807) is 0 Å². The second-order valence-electron chi connectivity index (χ2n) is 6.17. The van der Waals surface area contributed by atoms with Gasteiger partial charge in [0.1, 0.15) is 0 Å². The Morgan fingerprint density at radius 2 is 1.88 bits per heavy atom. The van der Waals surface area contributed by atoms with Crippen LogP contribution in [0.25, 0.3) is 0 Å². The molecule has 140 valence electrons. The Kier molecular flexibility index (Phi) is 6.80. The van der Waals surface area contributed by atoms with Crippen molar-refractivity contribution in [3.05, 3.63) is 35.9 Å². The summed E-state index contributed by atoms with van der Waals surface area (Å²) in [6.45, 7) is 2.71. The van der Waals surface area contributed by atoms with Gasteiger partial charge in [0.2, 0.25) is 0 Å². The van der Waals surface area contributed by atoms with E-state index >= 15 is 0 Å². The van der Waals surface area contributed by atoms with Crippen LogP contribution in [0.1, 0.15) is 18.4 Å².